The van der Waals surface area contributed by atoms with Crippen LogP contribution in [0.1, 0.15) is 18.7 Å². The number of rotatable bonds is 4. The number of benzene rings is 1. The first-order valence-corrected chi connectivity index (χ1v) is 9.68. The van der Waals surface area contributed by atoms with Crippen LogP contribution >= 0.6 is 11.3 Å². The third kappa shape index (κ3) is 3.94. The van der Waals surface area contributed by atoms with E-state index in [4.69, 9.17) is 4.52 Å². The zero-order valence-corrected chi connectivity index (χ0v) is 15.1. The lowest BCUT2D eigenvalue weighted by atomic mass is 9.95. The lowest BCUT2D eigenvalue weighted by molar-refractivity contribution is 0.173. The van der Waals surface area contributed by atoms with Crippen molar-refractivity contribution in [3.8, 4) is 11.4 Å². The summed E-state index contributed by atoms with van der Waals surface area (Å²) >= 11 is 1.61. The summed E-state index contributed by atoms with van der Waals surface area (Å²) < 4.78 is 5.41. The number of nitrogens with one attached hydrogen (secondary N) is 1. The topological polar surface area (TPSA) is 71.3 Å². The van der Waals surface area contributed by atoms with Gasteiger partial charge in [-0.15, -0.1) is 0 Å². The molecule has 7 heteroatoms. The SMILES string of the molecule is O=C(Nc1ccccc1)N1CCCC(Cc2nc(-c3ccsc3)no2)C1. The van der Waals surface area contributed by atoms with Crippen LogP contribution in [0.3, 0.4) is 0 Å². The van der Waals surface area contributed by atoms with Gasteiger partial charge in [-0.3, -0.25) is 0 Å². The molecule has 1 aliphatic rings. The Hall–Kier alpha value is -2.67. The molecule has 0 radical (unpaired) electrons. The highest BCUT2D eigenvalue weighted by Crippen LogP contribution is 2.23. The minimum atomic E-state index is -0.0506. The van der Waals surface area contributed by atoms with Gasteiger partial charge in [-0.05, 0) is 42.3 Å². The summed E-state index contributed by atoms with van der Waals surface area (Å²) in [5.74, 6) is 1.61. The van der Waals surface area contributed by atoms with Crippen LogP contribution in [-0.2, 0) is 6.42 Å². The van der Waals surface area contributed by atoms with Crippen molar-refractivity contribution in [2.24, 2.45) is 5.92 Å². The van der Waals surface area contributed by atoms with E-state index in [-0.39, 0.29) is 6.03 Å². The van der Waals surface area contributed by atoms with Crippen LogP contribution in [-0.4, -0.2) is 34.2 Å². The zero-order chi connectivity index (χ0) is 17.8. The molecule has 134 valence electrons. The Labute approximate surface area is 155 Å². The highest BCUT2D eigenvalue weighted by Gasteiger charge is 2.25. The van der Waals surface area contributed by atoms with Crippen LogP contribution in [0.5, 0.6) is 0 Å². The molecule has 2 amide bonds. The number of carbonyl (C=O) groups is 1. The molecule has 0 spiro atoms. The van der Waals surface area contributed by atoms with E-state index >= 15 is 0 Å². The Morgan fingerprint density at radius 3 is 3.00 bits per heavy atom. The summed E-state index contributed by atoms with van der Waals surface area (Å²) in [6.07, 6.45) is 2.75. The molecule has 1 N–H and O–H groups in total. The second-order valence-corrected chi connectivity index (χ2v) is 7.26. The molecule has 1 atom stereocenters. The number of aromatic nitrogens is 2. The molecule has 4 rings (SSSR count). The van der Waals surface area contributed by atoms with Gasteiger partial charge in [0.25, 0.3) is 0 Å². The number of nitrogens with zero attached hydrogens (tertiary/aromatic N) is 3. The number of thiophene rings is 1. The minimum absolute atomic E-state index is 0.0506. The van der Waals surface area contributed by atoms with Crippen LogP contribution < -0.4 is 5.32 Å². The quantitative estimate of drug-likeness (QED) is 0.746. The van der Waals surface area contributed by atoms with Crippen LogP contribution in [0.15, 0.2) is 51.7 Å². The molecule has 0 bridgehead atoms. The summed E-state index contributed by atoms with van der Waals surface area (Å²) in [7, 11) is 0. The van der Waals surface area contributed by atoms with E-state index in [0.717, 1.165) is 30.6 Å². The number of anilines is 1. The fraction of sp³-hybridized carbons (Fsp3) is 0.316. The largest absolute Gasteiger partial charge is 0.339 e. The third-order valence-electron chi connectivity index (χ3n) is 4.54. The average molecular weight is 368 g/mol. The van der Waals surface area contributed by atoms with E-state index in [1.165, 1.54) is 0 Å². The van der Waals surface area contributed by atoms with E-state index < -0.39 is 0 Å². The number of urea groups is 1. The molecule has 1 saturated heterocycles. The van der Waals surface area contributed by atoms with Gasteiger partial charge in [-0.1, -0.05) is 23.4 Å². The second-order valence-electron chi connectivity index (χ2n) is 6.48. The molecule has 1 aliphatic heterocycles. The van der Waals surface area contributed by atoms with Crippen molar-refractivity contribution in [3.63, 3.8) is 0 Å². The van der Waals surface area contributed by atoms with E-state index in [2.05, 4.69) is 15.5 Å². The molecular weight excluding hydrogens is 348 g/mol. The van der Waals surface area contributed by atoms with Crippen molar-refractivity contribution in [2.45, 2.75) is 19.3 Å². The maximum absolute atomic E-state index is 12.5. The Morgan fingerprint density at radius 1 is 1.31 bits per heavy atom. The maximum atomic E-state index is 12.5. The lowest BCUT2D eigenvalue weighted by Gasteiger charge is -2.32. The van der Waals surface area contributed by atoms with Crippen molar-refractivity contribution in [2.75, 3.05) is 18.4 Å². The molecular formula is C19H20N4O2S. The highest BCUT2D eigenvalue weighted by molar-refractivity contribution is 7.08. The first kappa shape index (κ1) is 16.8. The van der Waals surface area contributed by atoms with Gasteiger partial charge in [0, 0.05) is 36.1 Å². The number of carbonyl (C=O) groups excluding carboxylic acids is 1. The number of para-hydroxylation sites is 1. The van der Waals surface area contributed by atoms with Crippen molar-refractivity contribution in [3.05, 3.63) is 53.0 Å². The van der Waals surface area contributed by atoms with Crippen LogP contribution in [0.4, 0.5) is 10.5 Å². The Bertz CT molecular complexity index is 848. The highest BCUT2D eigenvalue weighted by atomic mass is 32.1. The molecule has 26 heavy (non-hydrogen) atoms. The first-order chi connectivity index (χ1) is 12.8. The normalized spacial score (nSPS) is 17.2. The maximum Gasteiger partial charge on any atom is 0.321 e. The van der Waals surface area contributed by atoms with Gasteiger partial charge in [0.2, 0.25) is 11.7 Å². The molecule has 0 saturated carbocycles. The van der Waals surface area contributed by atoms with Crippen LogP contribution in [0.2, 0.25) is 0 Å². The van der Waals surface area contributed by atoms with E-state index in [0.29, 0.717) is 30.6 Å². The van der Waals surface area contributed by atoms with Gasteiger partial charge in [-0.25, -0.2) is 4.79 Å². The van der Waals surface area contributed by atoms with E-state index in [1.54, 1.807) is 11.3 Å². The van der Waals surface area contributed by atoms with Gasteiger partial charge in [-0.2, -0.15) is 16.3 Å². The van der Waals surface area contributed by atoms with Crippen LogP contribution in [0, 0.1) is 5.92 Å². The molecule has 1 unspecified atom stereocenters. The number of amides is 2. The standard InChI is InChI=1S/C19H20N4O2S/c24-19(20-16-6-2-1-3-7-16)23-9-4-5-14(12-23)11-17-21-18(22-25-17)15-8-10-26-13-15/h1-3,6-8,10,13-14H,4-5,9,11-12H2,(H,20,24). The van der Waals surface area contributed by atoms with Gasteiger partial charge >= 0.3 is 6.03 Å². The lowest BCUT2D eigenvalue weighted by Crippen LogP contribution is -2.42. The van der Waals surface area contributed by atoms with Crippen LogP contribution in [0.25, 0.3) is 11.4 Å². The summed E-state index contributed by atoms with van der Waals surface area (Å²) in [5.41, 5.74) is 1.80. The summed E-state index contributed by atoms with van der Waals surface area (Å²) in [4.78, 5) is 18.9. The van der Waals surface area contributed by atoms with Gasteiger partial charge < -0.3 is 14.7 Å². The number of hydrogen-bond acceptors (Lipinski definition) is 5. The van der Waals surface area contributed by atoms with Crippen molar-refractivity contribution in [1.82, 2.24) is 15.0 Å². The number of piperidine rings is 1. The summed E-state index contributed by atoms with van der Waals surface area (Å²) in [5, 5.41) is 11.0. The van der Waals surface area contributed by atoms with Gasteiger partial charge in [0.15, 0.2) is 0 Å². The predicted octanol–water partition coefficient (Wildman–Crippen LogP) is 4.28. The third-order valence-corrected chi connectivity index (χ3v) is 5.23. The van der Waals surface area contributed by atoms with Crippen molar-refractivity contribution < 1.29 is 9.32 Å². The summed E-state index contributed by atoms with van der Waals surface area (Å²) in [6, 6.07) is 11.5. The van der Waals surface area contributed by atoms with Gasteiger partial charge in [0.1, 0.15) is 0 Å². The fourth-order valence-corrected chi connectivity index (χ4v) is 3.87. The molecule has 1 fully saturated rings. The summed E-state index contributed by atoms with van der Waals surface area (Å²) in [6.45, 7) is 1.48. The molecule has 3 aromatic rings. The fourth-order valence-electron chi connectivity index (χ4n) is 3.23. The number of likely N-dealkylation sites (tertiary alicyclic amines) is 1. The Morgan fingerprint density at radius 2 is 2.19 bits per heavy atom. The molecule has 6 nitrogen and oxygen atoms in total. The Kier molecular flexibility index (Phi) is 4.97. The zero-order valence-electron chi connectivity index (χ0n) is 14.3. The molecule has 2 aromatic heterocycles. The van der Waals surface area contributed by atoms with E-state index in [1.807, 2.05) is 52.1 Å². The first-order valence-electron chi connectivity index (χ1n) is 8.74. The van der Waals surface area contributed by atoms with Gasteiger partial charge in [0.05, 0.1) is 0 Å². The monoisotopic (exact) mass is 368 g/mol. The molecule has 0 aliphatic carbocycles. The smallest absolute Gasteiger partial charge is 0.321 e. The van der Waals surface area contributed by atoms with E-state index in [9.17, 15) is 4.79 Å². The van der Waals surface area contributed by atoms with Crippen molar-refractivity contribution >= 4 is 23.1 Å². The van der Waals surface area contributed by atoms with Crippen molar-refractivity contribution in [1.29, 1.82) is 0 Å². The number of hydrogen-bond donors (Lipinski definition) is 1. The second kappa shape index (κ2) is 7.70. The molecule has 1 aromatic carbocycles. The Balaban J connectivity index is 1.35. The predicted molar refractivity (Wildman–Crippen MR) is 101 cm³/mol. The average Bonchev–Trinajstić information content (AvgIpc) is 3.34. The molecule has 3 heterocycles. The minimum Gasteiger partial charge on any atom is -0.339 e.